The Balaban J connectivity index is 2.66. The summed E-state index contributed by atoms with van der Waals surface area (Å²) in [6, 6.07) is -1.36. The molecule has 1 heterocycles. The summed E-state index contributed by atoms with van der Waals surface area (Å²) in [6.45, 7) is 4.77. The third-order valence-electron chi connectivity index (χ3n) is 3.84. The van der Waals surface area contributed by atoms with E-state index in [1.807, 2.05) is 13.8 Å². The number of likely N-dealkylation sites (tertiary alicyclic amines) is 1. The highest BCUT2D eigenvalue weighted by molar-refractivity contribution is 5.87. The van der Waals surface area contributed by atoms with E-state index in [4.69, 9.17) is 10.8 Å². The molecule has 1 fully saturated rings. The second-order valence-electron chi connectivity index (χ2n) is 5.41. The lowest BCUT2D eigenvalue weighted by Crippen LogP contribution is -2.52. The van der Waals surface area contributed by atoms with E-state index >= 15 is 0 Å². The van der Waals surface area contributed by atoms with Crippen LogP contribution in [0.1, 0.15) is 33.1 Å². The van der Waals surface area contributed by atoms with Gasteiger partial charge in [-0.1, -0.05) is 20.3 Å². The molecule has 0 aromatic carbocycles. The van der Waals surface area contributed by atoms with Crippen LogP contribution in [-0.2, 0) is 9.59 Å². The first-order valence-corrected chi connectivity index (χ1v) is 6.91. The van der Waals surface area contributed by atoms with Crippen molar-refractivity contribution in [3.8, 4) is 0 Å². The zero-order valence-electron chi connectivity index (χ0n) is 12.0. The van der Waals surface area contributed by atoms with Gasteiger partial charge in [-0.15, -0.1) is 0 Å². The van der Waals surface area contributed by atoms with E-state index in [1.165, 1.54) is 0 Å². The van der Waals surface area contributed by atoms with Gasteiger partial charge in [-0.2, -0.15) is 0 Å². The molecule has 3 unspecified atom stereocenters. The predicted molar refractivity (Wildman–Crippen MR) is 72.9 cm³/mol. The Hall–Kier alpha value is -1.79. The smallest absolute Gasteiger partial charge is 0.312 e. The fraction of sp³-hybridized carbons (Fsp3) is 0.769. The number of hydrogen-bond acceptors (Lipinski definition) is 3. The molecule has 3 amide bonds. The van der Waals surface area contributed by atoms with Crippen LogP contribution in [-0.4, -0.2) is 47.0 Å². The Morgan fingerprint density at radius 3 is 2.60 bits per heavy atom. The fourth-order valence-corrected chi connectivity index (χ4v) is 2.48. The number of rotatable bonds is 6. The lowest BCUT2D eigenvalue weighted by Gasteiger charge is -2.27. The van der Waals surface area contributed by atoms with Gasteiger partial charge < -0.3 is 21.1 Å². The van der Waals surface area contributed by atoms with Crippen LogP contribution in [0.4, 0.5) is 4.79 Å². The molecule has 7 nitrogen and oxygen atoms in total. The summed E-state index contributed by atoms with van der Waals surface area (Å²) in [5.41, 5.74) is 5.12. The molecule has 0 spiro atoms. The number of carboxylic acid groups (broad SMARTS) is 1. The molecular weight excluding hydrogens is 262 g/mol. The summed E-state index contributed by atoms with van der Waals surface area (Å²) in [5, 5.41) is 11.3. The van der Waals surface area contributed by atoms with Gasteiger partial charge >= 0.3 is 12.0 Å². The van der Waals surface area contributed by atoms with Crippen molar-refractivity contribution in [2.24, 2.45) is 17.6 Å². The summed E-state index contributed by atoms with van der Waals surface area (Å²) in [7, 11) is 0. The van der Waals surface area contributed by atoms with Crippen LogP contribution in [0.3, 0.4) is 0 Å². The minimum Gasteiger partial charge on any atom is -0.481 e. The quantitative estimate of drug-likeness (QED) is 0.655. The largest absolute Gasteiger partial charge is 0.481 e. The zero-order chi connectivity index (χ0) is 15.3. The lowest BCUT2D eigenvalue weighted by atomic mass is 9.98. The Labute approximate surface area is 118 Å². The molecule has 1 saturated heterocycles. The third-order valence-corrected chi connectivity index (χ3v) is 3.84. The molecule has 7 heteroatoms. The van der Waals surface area contributed by atoms with Crippen molar-refractivity contribution in [1.29, 1.82) is 0 Å². The molecule has 0 saturated carbocycles. The zero-order valence-corrected chi connectivity index (χ0v) is 12.0. The first-order valence-electron chi connectivity index (χ1n) is 6.91. The number of aliphatic carboxylic acids is 1. The number of carboxylic acids is 1. The number of nitrogens with two attached hydrogens (primary N) is 1. The monoisotopic (exact) mass is 285 g/mol. The van der Waals surface area contributed by atoms with Crippen LogP contribution < -0.4 is 11.1 Å². The number of primary amides is 1. The minimum atomic E-state index is -0.849. The van der Waals surface area contributed by atoms with Crippen LogP contribution in [0.15, 0.2) is 0 Å². The van der Waals surface area contributed by atoms with Gasteiger partial charge in [0.1, 0.15) is 6.04 Å². The molecule has 1 aliphatic rings. The molecule has 0 aromatic rings. The van der Waals surface area contributed by atoms with Gasteiger partial charge in [0.2, 0.25) is 5.91 Å². The maximum Gasteiger partial charge on any atom is 0.312 e. The molecule has 0 bridgehead atoms. The van der Waals surface area contributed by atoms with Crippen molar-refractivity contribution in [2.75, 3.05) is 13.1 Å². The molecule has 4 N–H and O–H groups in total. The second-order valence-corrected chi connectivity index (χ2v) is 5.41. The van der Waals surface area contributed by atoms with Gasteiger partial charge in [0.05, 0.1) is 0 Å². The molecule has 114 valence electrons. The number of nitrogens with one attached hydrogen (secondary N) is 1. The molecule has 20 heavy (non-hydrogen) atoms. The van der Waals surface area contributed by atoms with E-state index in [9.17, 15) is 14.4 Å². The van der Waals surface area contributed by atoms with E-state index in [0.29, 0.717) is 19.5 Å². The lowest BCUT2D eigenvalue weighted by molar-refractivity contribution is -0.138. The molecule has 0 aliphatic carbocycles. The SMILES string of the molecule is CCC(C)C(NC(N)=O)C(=O)N1CCC(CC(=O)O)C1. The summed E-state index contributed by atoms with van der Waals surface area (Å²) < 4.78 is 0. The molecule has 1 aliphatic heterocycles. The van der Waals surface area contributed by atoms with E-state index in [1.54, 1.807) is 4.90 Å². The van der Waals surface area contributed by atoms with Gasteiger partial charge in [0.25, 0.3) is 0 Å². The maximum absolute atomic E-state index is 12.4. The van der Waals surface area contributed by atoms with Crippen molar-refractivity contribution in [3.05, 3.63) is 0 Å². The molecular formula is C13H23N3O4. The number of carbonyl (C=O) groups is 3. The Morgan fingerprint density at radius 2 is 2.10 bits per heavy atom. The average Bonchev–Trinajstić information content (AvgIpc) is 2.81. The molecule has 0 radical (unpaired) electrons. The number of hydrogen-bond donors (Lipinski definition) is 3. The van der Waals surface area contributed by atoms with Gasteiger partial charge in [0, 0.05) is 19.5 Å². The fourth-order valence-electron chi connectivity index (χ4n) is 2.48. The first-order chi connectivity index (χ1) is 9.35. The number of urea groups is 1. The summed E-state index contributed by atoms with van der Waals surface area (Å²) >= 11 is 0. The average molecular weight is 285 g/mol. The highest BCUT2D eigenvalue weighted by Crippen LogP contribution is 2.22. The molecule has 1 rings (SSSR count). The van der Waals surface area contributed by atoms with Crippen molar-refractivity contribution in [3.63, 3.8) is 0 Å². The van der Waals surface area contributed by atoms with Crippen LogP contribution in [0.25, 0.3) is 0 Å². The van der Waals surface area contributed by atoms with Crippen molar-refractivity contribution in [1.82, 2.24) is 10.2 Å². The van der Waals surface area contributed by atoms with E-state index < -0.39 is 18.0 Å². The predicted octanol–water partition coefficient (Wildman–Crippen LogP) is 0.393. The molecule has 3 atom stereocenters. The van der Waals surface area contributed by atoms with Crippen molar-refractivity contribution < 1.29 is 19.5 Å². The van der Waals surface area contributed by atoms with E-state index in [2.05, 4.69) is 5.32 Å². The second kappa shape index (κ2) is 7.12. The Bertz CT molecular complexity index is 386. The van der Waals surface area contributed by atoms with E-state index in [-0.39, 0.29) is 24.2 Å². The summed E-state index contributed by atoms with van der Waals surface area (Å²) in [6.07, 6.45) is 1.49. The topological polar surface area (TPSA) is 113 Å². The highest BCUT2D eigenvalue weighted by atomic mass is 16.4. The normalized spacial score (nSPS) is 21.3. The van der Waals surface area contributed by atoms with Gasteiger partial charge in [0.15, 0.2) is 0 Å². The summed E-state index contributed by atoms with van der Waals surface area (Å²) in [4.78, 5) is 35.8. The number of amides is 3. The molecule has 0 aromatic heterocycles. The number of nitrogens with zero attached hydrogens (tertiary/aromatic N) is 1. The van der Waals surface area contributed by atoms with Crippen LogP contribution in [0, 0.1) is 11.8 Å². The van der Waals surface area contributed by atoms with Crippen LogP contribution in [0.5, 0.6) is 0 Å². The first kappa shape index (κ1) is 16.3. The van der Waals surface area contributed by atoms with Crippen LogP contribution >= 0.6 is 0 Å². The maximum atomic E-state index is 12.4. The summed E-state index contributed by atoms with van der Waals surface area (Å²) in [5.74, 6) is -1.06. The van der Waals surface area contributed by atoms with Crippen LogP contribution in [0.2, 0.25) is 0 Å². The Kier molecular flexibility index (Phi) is 5.79. The van der Waals surface area contributed by atoms with Gasteiger partial charge in [-0.3, -0.25) is 9.59 Å². The van der Waals surface area contributed by atoms with Crippen molar-refractivity contribution in [2.45, 2.75) is 39.2 Å². The highest BCUT2D eigenvalue weighted by Gasteiger charge is 2.34. The minimum absolute atomic E-state index is 0.0115. The van der Waals surface area contributed by atoms with Gasteiger partial charge in [-0.25, -0.2) is 4.79 Å². The van der Waals surface area contributed by atoms with Gasteiger partial charge in [-0.05, 0) is 18.3 Å². The standard InChI is InChI=1S/C13H23N3O4/c1-3-8(2)11(15-13(14)20)12(19)16-5-4-9(7-16)6-10(17)18/h8-9,11H,3-7H2,1-2H3,(H,17,18)(H3,14,15,20). The Morgan fingerprint density at radius 1 is 1.45 bits per heavy atom. The third kappa shape index (κ3) is 4.40. The number of carbonyl (C=O) groups excluding carboxylic acids is 2. The van der Waals surface area contributed by atoms with Crippen molar-refractivity contribution >= 4 is 17.9 Å². The van der Waals surface area contributed by atoms with E-state index in [0.717, 1.165) is 6.42 Å².